The van der Waals surface area contributed by atoms with Crippen molar-refractivity contribution in [2.75, 3.05) is 14.2 Å². The van der Waals surface area contributed by atoms with Crippen LogP contribution in [-0.2, 0) is 23.8 Å². The number of rotatable bonds is 3. The zero-order chi connectivity index (χ0) is 13.0. The predicted octanol–water partition coefficient (Wildman–Crippen LogP) is 1.20. The lowest BCUT2D eigenvalue weighted by Crippen LogP contribution is -2.20. The van der Waals surface area contributed by atoms with E-state index in [1.165, 1.54) is 26.6 Å². The Kier molecular flexibility index (Phi) is 4.31. The zero-order valence-corrected chi connectivity index (χ0v) is 10.4. The topological polar surface area (TPSA) is 61.8 Å². The Morgan fingerprint density at radius 3 is 2.47 bits per heavy atom. The van der Waals surface area contributed by atoms with Crippen molar-refractivity contribution in [1.29, 1.82) is 0 Å². The second kappa shape index (κ2) is 5.52. The Morgan fingerprint density at radius 1 is 1.35 bits per heavy atom. The second-order valence-electron chi connectivity index (χ2n) is 3.95. The van der Waals surface area contributed by atoms with Crippen molar-refractivity contribution in [3.8, 4) is 0 Å². The summed E-state index contributed by atoms with van der Waals surface area (Å²) in [5.74, 6) is -0.918. The Morgan fingerprint density at radius 2 is 2.00 bits per heavy atom. The molecular weight excluding hydrogens is 224 g/mol. The molecule has 1 heterocycles. The Labute approximate surface area is 100 Å². The summed E-state index contributed by atoms with van der Waals surface area (Å²) < 4.78 is 14.5. The molecule has 0 fully saturated rings. The van der Waals surface area contributed by atoms with E-state index in [9.17, 15) is 9.59 Å². The minimum absolute atomic E-state index is 0.129. The second-order valence-corrected chi connectivity index (χ2v) is 3.95. The van der Waals surface area contributed by atoms with Crippen molar-refractivity contribution < 1.29 is 23.8 Å². The number of hydrogen-bond acceptors (Lipinski definition) is 5. The largest absolute Gasteiger partial charge is 0.492 e. The Bertz CT molecular complexity index is 378. The summed E-state index contributed by atoms with van der Waals surface area (Å²) in [5.41, 5.74) is 0.760. The van der Waals surface area contributed by atoms with E-state index >= 15 is 0 Å². The molecule has 0 amide bonds. The highest BCUT2D eigenvalue weighted by atomic mass is 16.5. The van der Waals surface area contributed by atoms with Gasteiger partial charge in [-0.25, -0.2) is 9.59 Å². The van der Waals surface area contributed by atoms with Gasteiger partial charge in [0, 0.05) is 11.6 Å². The van der Waals surface area contributed by atoms with Crippen molar-refractivity contribution in [2.45, 2.75) is 20.0 Å². The summed E-state index contributed by atoms with van der Waals surface area (Å²) in [4.78, 5) is 22.8. The van der Waals surface area contributed by atoms with E-state index in [4.69, 9.17) is 4.74 Å². The smallest absolute Gasteiger partial charge is 0.341 e. The number of hydrogen-bond donors (Lipinski definition) is 0. The minimum atomic E-state index is -0.525. The minimum Gasteiger partial charge on any atom is -0.492 e. The molecule has 5 heteroatoms. The van der Waals surface area contributed by atoms with Crippen LogP contribution in [0.25, 0.3) is 0 Å². The summed E-state index contributed by atoms with van der Waals surface area (Å²) in [6, 6.07) is 0. The third-order valence-electron chi connectivity index (χ3n) is 2.44. The predicted molar refractivity (Wildman–Crippen MR) is 59.9 cm³/mol. The van der Waals surface area contributed by atoms with Gasteiger partial charge in [0.05, 0.1) is 20.5 Å². The molecule has 1 aliphatic rings. The average Bonchev–Trinajstić information content (AvgIpc) is 2.71. The molecule has 0 aliphatic carbocycles. The van der Waals surface area contributed by atoms with Crippen LogP contribution in [0.15, 0.2) is 23.5 Å². The normalized spacial score (nSPS) is 21.1. The molecule has 0 saturated carbocycles. The standard InChI is InChI=1S/C12H16O5/c1-7(2)11-8(5-10(13)15-3)9(6-17-11)12(14)16-4/h5-7,11H,1-4H3/b8-5-. The van der Waals surface area contributed by atoms with Gasteiger partial charge in [0.25, 0.3) is 0 Å². The molecule has 1 aliphatic heterocycles. The maximum Gasteiger partial charge on any atom is 0.341 e. The lowest BCUT2D eigenvalue weighted by Gasteiger charge is -2.16. The zero-order valence-electron chi connectivity index (χ0n) is 10.4. The van der Waals surface area contributed by atoms with Crippen LogP contribution < -0.4 is 0 Å². The molecule has 1 rings (SSSR count). The average molecular weight is 240 g/mol. The van der Waals surface area contributed by atoms with Crippen LogP contribution in [0.4, 0.5) is 0 Å². The first-order valence-electron chi connectivity index (χ1n) is 5.25. The Balaban J connectivity index is 3.04. The molecule has 0 aromatic carbocycles. The summed E-state index contributed by atoms with van der Waals surface area (Å²) in [6.45, 7) is 3.87. The van der Waals surface area contributed by atoms with Crippen molar-refractivity contribution in [3.63, 3.8) is 0 Å². The summed E-state index contributed by atoms with van der Waals surface area (Å²) in [7, 11) is 2.56. The third-order valence-corrected chi connectivity index (χ3v) is 2.44. The van der Waals surface area contributed by atoms with Crippen LogP contribution in [0, 0.1) is 5.92 Å². The van der Waals surface area contributed by atoms with Gasteiger partial charge in [-0.2, -0.15) is 0 Å². The summed E-state index contributed by atoms with van der Waals surface area (Å²) >= 11 is 0. The van der Waals surface area contributed by atoms with Crippen LogP contribution in [0.2, 0.25) is 0 Å². The number of carbonyl (C=O) groups excluding carboxylic acids is 2. The fraction of sp³-hybridized carbons (Fsp3) is 0.500. The Hall–Kier alpha value is -1.78. The first kappa shape index (κ1) is 13.3. The van der Waals surface area contributed by atoms with Gasteiger partial charge < -0.3 is 14.2 Å². The molecule has 1 unspecified atom stereocenters. The fourth-order valence-electron chi connectivity index (χ4n) is 1.57. The number of carbonyl (C=O) groups is 2. The molecule has 0 aromatic rings. The highest BCUT2D eigenvalue weighted by molar-refractivity contribution is 5.97. The van der Waals surface area contributed by atoms with E-state index in [0.29, 0.717) is 5.57 Å². The lowest BCUT2D eigenvalue weighted by molar-refractivity contribution is -0.135. The monoisotopic (exact) mass is 240 g/mol. The van der Waals surface area contributed by atoms with Gasteiger partial charge >= 0.3 is 11.9 Å². The molecule has 0 N–H and O–H groups in total. The van der Waals surface area contributed by atoms with Gasteiger partial charge in [-0.05, 0) is 5.92 Å². The maximum atomic E-state index is 11.5. The van der Waals surface area contributed by atoms with E-state index in [-0.39, 0.29) is 17.6 Å². The first-order valence-corrected chi connectivity index (χ1v) is 5.25. The van der Waals surface area contributed by atoms with Gasteiger partial charge in [0.15, 0.2) is 0 Å². The van der Waals surface area contributed by atoms with Crippen LogP contribution in [0.5, 0.6) is 0 Å². The molecule has 94 valence electrons. The lowest BCUT2D eigenvalue weighted by atomic mass is 9.95. The molecule has 0 radical (unpaired) electrons. The fourth-order valence-corrected chi connectivity index (χ4v) is 1.57. The van der Waals surface area contributed by atoms with E-state index in [1.54, 1.807) is 0 Å². The highest BCUT2D eigenvalue weighted by Gasteiger charge is 2.33. The van der Waals surface area contributed by atoms with Crippen LogP contribution in [0.3, 0.4) is 0 Å². The van der Waals surface area contributed by atoms with Gasteiger partial charge in [0.1, 0.15) is 11.7 Å². The third kappa shape index (κ3) is 2.87. The van der Waals surface area contributed by atoms with Crippen LogP contribution >= 0.6 is 0 Å². The van der Waals surface area contributed by atoms with Crippen LogP contribution in [0.1, 0.15) is 13.8 Å². The first-order chi connectivity index (χ1) is 8.01. The van der Waals surface area contributed by atoms with E-state index in [0.717, 1.165) is 0 Å². The number of ether oxygens (including phenoxy) is 3. The van der Waals surface area contributed by atoms with E-state index < -0.39 is 11.9 Å². The summed E-state index contributed by atoms with van der Waals surface area (Å²) in [5, 5.41) is 0. The van der Waals surface area contributed by atoms with Gasteiger partial charge in [-0.3, -0.25) is 0 Å². The molecule has 0 spiro atoms. The van der Waals surface area contributed by atoms with Crippen molar-refractivity contribution in [3.05, 3.63) is 23.5 Å². The molecule has 17 heavy (non-hydrogen) atoms. The number of methoxy groups -OCH3 is 2. The molecular formula is C12H16O5. The summed E-state index contributed by atoms with van der Waals surface area (Å²) in [6.07, 6.45) is 2.26. The van der Waals surface area contributed by atoms with Crippen LogP contribution in [-0.4, -0.2) is 32.3 Å². The van der Waals surface area contributed by atoms with Crippen molar-refractivity contribution in [1.82, 2.24) is 0 Å². The highest BCUT2D eigenvalue weighted by Crippen LogP contribution is 2.30. The van der Waals surface area contributed by atoms with Gasteiger partial charge in [-0.1, -0.05) is 13.8 Å². The number of esters is 2. The van der Waals surface area contributed by atoms with Gasteiger partial charge in [0.2, 0.25) is 0 Å². The molecule has 0 aromatic heterocycles. The van der Waals surface area contributed by atoms with Gasteiger partial charge in [-0.15, -0.1) is 0 Å². The quantitative estimate of drug-likeness (QED) is 0.548. The molecule has 5 nitrogen and oxygen atoms in total. The molecule has 1 atom stereocenters. The molecule has 0 bridgehead atoms. The van der Waals surface area contributed by atoms with Crippen molar-refractivity contribution >= 4 is 11.9 Å². The SMILES string of the molecule is COC(=O)/C=C1/C(C(=O)OC)=COC1C(C)C. The molecule has 0 saturated heterocycles. The maximum absolute atomic E-state index is 11.5. The van der Waals surface area contributed by atoms with Crippen molar-refractivity contribution in [2.24, 2.45) is 5.92 Å². The van der Waals surface area contributed by atoms with E-state index in [2.05, 4.69) is 9.47 Å². The van der Waals surface area contributed by atoms with E-state index in [1.807, 2.05) is 13.8 Å².